The summed E-state index contributed by atoms with van der Waals surface area (Å²) in [6.07, 6.45) is 0.454. The molecule has 0 aliphatic carbocycles. The van der Waals surface area contributed by atoms with E-state index in [1.807, 2.05) is 0 Å². The van der Waals surface area contributed by atoms with Crippen LogP contribution in [0.4, 0.5) is 10.6 Å². The van der Waals surface area contributed by atoms with Gasteiger partial charge in [-0.1, -0.05) is 0 Å². The summed E-state index contributed by atoms with van der Waals surface area (Å²) in [5.74, 6) is 1.10. The van der Waals surface area contributed by atoms with Crippen molar-refractivity contribution >= 4 is 11.9 Å². The van der Waals surface area contributed by atoms with Crippen molar-refractivity contribution in [2.45, 2.75) is 33.2 Å². The summed E-state index contributed by atoms with van der Waals surface area (Å²) in [5, 5.41) is 17.0. The SMILES string of the molecule is Cc1nnc(-c2ccnc(N(C(=O)O)C(C)(C)C)c2)o1. The predicted octanol–water partition coefficient (Wildman–Crippen LogP) is 2.72. The fourth-order valence-corrected chi connectivity index (χ4v) is 1.82. The van der Waals surface area contributed by atoms with Gasteiger partial charge in [-0.25, -0.2) is 9.78 Å². The smallest absolute Gasteiger partial charge is 0.413 e. The number of nitrogens with zero attached hydrogens (tertiary/aromatic N) is 4. The summed E-state index contributed by atoms with van der Waals surface area (Å²) in [6.45, 7) is 7.09. The van der Waals surface area contributed by atoms with Crippen molar-refractivity contribution < 1.29 is 14.3 Å². The van der Waals surface area contributed by atoms with Crippen LogP contribution in [0.25, 0.3) is 11.5 Å². The lowest BCUT2D eigenvalue weighted by Gasteiger charge is -2.32. The van der Waals surface area contributed by atoms with Gasteiger partial charge in [-0.05, 0) is 32.9 Å². The van der Waals surface area contributed by atoms with Gasteiger partial charge in [0.15, 0.2) is 0 Å². The molecule has 0 aliphatic rings. The zero-order valence-electron chi connectivity index (χ0n) is 11.8. The van der Waals surface area contributed by atoms with Gasteiger partial charge in [0.2, 0.25) is 11.8 Å². The van der Waals surface area contributed by atoms with Gasteiger partial charge in [-0.3, -0.25) is 4.90 Å². The highest BCUT2D eigenvalue weighted by molar-refractivity contribution is 5.87. The van der Waals surface area contributed by atoms with Gasteiger partial charge >= 0.3 is 6.09 Å². The predicted molar refractivity (Wildman–Crippen MR) is 72.5 cm³/mol. The monoisotopic (exact) mass is 276 g/mol. The molecule has 0 atom stereocenters. The topological polar surface area (TPSA) is 92.4 Å². The molecular weight excluding hydrogens is 260 g/mol. The molecule has 2 aromatic heterocycles. The number of hydrogen-bond acceptors (Lipinski definition) is 5. The normalized spacial score (nSPS) is 11.4. The number of rotatable bonds is 2. The van der Waals surface area contributed by atoms with Gasteiger partial charge in [0.1, 0.15) is 5.82 Å². The number of hydrogen-bond donors (Lipinski definition) is 1. The Kier molecular flexibility index (Phi) is 3.44. The highest BCUT2D eigenvalue weighted by Gasteiger charge is 2.29. The summed E-state index contributed by atoms with van der Waals surface area (Å²) in [5.41, 5.74) is 0.0217. The number of carboxylic acid groups (broad SMARTS) is 1. The molecule has 0 aliphatic heterocycles. The highest BCUT2D eigenvalue weighted by Crippen LogP contribution is 2.26. The van der Waals surface area contributed by atoms with Crippen LogP contribution in [-0.2, 0) is 0 Å². The summed E-state index contributed by atoms with van der Waals surface area (Å²) in [4.78, 5) is 16.7. The van der Waals surface area contributed by atoms with Gasteiger partial charge in [-0.15, -0.1) is 10.2 Å². The van der Waals surface area contributed by atoms with E-state index in [2.05, 4.69) is 15.2 Å². The average molecular weight is 276 g/mol. The molecule has 0 bridgehead atoms. The zero-order chi connectivity index (χ0) is 14.9. The highest BCUT2D eigenvalue weighted by atomic mass is 16.4. The van der Waals surface area contributed by atoms with Crippen LogP contribution in [0.2, 0.25) is 0 Å². The standard InChI is InChI=1S/C13H16N4O3/c1-8-15-16-11(20-8)9-5-6-14-10(7-9)17(12(18)19)13(2,3)4/h5-7H,1-4H3,(H,18,19). The molecule has 0 unspecified atom stereocenters. The fourth-order valence-electron chi connectivity index (χ4n) is 1.82. The molecule has 2 rings (SSSR count). The van der Waals surface area contributed by atoms with Crippen molar-refractivity contribution in [1.29, 1.82) is 0 Å². The second-order valence-electron chi connectivity index (χ2n) is 5.32. The Labute approximate surface area is 116 Å². The molecule has 0 aromatic carbocycles. The van der Waals surface area contributed by atoms with Crippen LogP contribution in [0.15, 0.2) is 22.7 Å². The zero-order valence-corrected chi connectivity index (χ0v) is 11.8. The van der Waals surface area contributed by atoms with E-state index < -0.39 is 11.6 Å². The van der Waals surface area contributed by atoms with Crippen LogP contribution in [0.1, 0.15) is 26.7 Å². The minimum Gasteiger partial charge on any atom is -0.465 e. The van der Waals surface area contributed by atoms with Crippen LogP contribution in [-0.4, -0.2) is 31.9 Å². The molecule has 0 saturated carbocycles. The van der Waals surface area contributed by atoms with Crippen molar-refractivity contribution in [3.8, 4) is 11.5 Å². The molecular formula is C13H16N4O3. The van der Waals surface area contributed by atoms with Gasteiger partial charge in [-0.2, -0.15) is 0 Å². The number of amides is 1. The van der Waals surface area contributed by atoms with E-state index in [0.29, 0.717) is 23.2 Å². The molecule has 106 valence electrons. The molecule has 1 N–H and O–H groups in total. The van der Waals surface area contributed by atoms with E-state index in [9.17, 15) is 9.90 Å². The molecule has 2 aromatic rings. The van der Waals surface area contributed by atoms with E-state index in [0.717, 1.165) is 0 Å². The van der Waals surface area contributed by atoms with E-state index in [4.69, 9.17) is 4.42 Å². The Morgan fingerprint density at radius 1 is 1.35 bits per heavy atom. The van der Waals surface area contributed by atoms with Crippen LogP contribution in [0, 0.1) is 6.92 Å². The largest absolute Gasteiger partial charge is 0.465 e. The summed E-state index contributed by atoms with van der Waals surface area (Å²) in [6, 6.07) is 3.31. The quantitative estimate of drug-likeness (QED) is 0.906. The lowest BCUT2D eigenvalue weighted by molar-refractivity contribution is 0.195. The average Bonchev–Trinajstić information content (AvgIpc) is 2.74. The van der Waals surface area contributed by atoms with Gasteiger partial charge in [0, 0.05) is 24.2 Å². The van der Waals surface area contributed by atoms with E-state index in [1.54, 1.807) is 39.8 Å². The molecule has 0 saturated heterocycles. The lowest BCUT2D eigenvalue weighted by atomic mass is 10.1. The van der Waals surface area contributed by atoms with Crippen molar-refractivity contribution in [2.75, 3.05) is 4.90 Å². The number of carbonyl (C=O) groups is 1. The van der Waals surface area contributed by atoms with Crippen LogP contribution in [0.3, 0.4) is 0 Å². The molecule has 1 amide bonds. The maximum atomic E-state index is 11.4. The second-order valence-corrected chi connectivity index (χ2v) is 5.32. The first-order valence-electron chi connectivity index (χ1n) is 6.09. The van der Waals surface area contributed by atoms with Crippen LogP contribution < -0.4 is 4.90 Å². The van der Waals surface area contributed by atoms with E-state index >= 15 is 0 Å². The maximum absolute atomic E-state index is 11.4. The molecule has 7 nitrogen and oxygen atoms in total. The Morgan fingerprint density at radius 3 is 2.55 bits per heavy atom. The number of pyridine rings is 1. The number of aryl methyl sites for hydroxylation is 1. The van der Waals surface area contributed by atoms with Gasteiger partial charge in [0.05, 0.1) is 0 Å². The Bertz CT molecular complexity index is 631. The summed E-state index contributed by atoms with van der Waals surface area (Å²) < 4.78 is 5.33. The summed E-state index contributed by atoms with van der Waals surface area (Å²) in [7, 11) is 0. The molecule has 20 heavy (non-hydrogen) atoms. The Morgan fingerprint density at radius 2 is 2.05 bits per heavy atom. The third-order valence-corrected chi connectivity index (χ3v) is 2.61. The molecule has 0 fully saturated rings. The number of anilines is 1. The third kappa shape index (κ3) is 2.76. The molecule has 0 spiro atoms. The molecule has 2 heterocycles. The molecule has 7 heteroatoms. The van der Waals surface area contributed by atoms with Gasteiger partial charge < -0.3 is 9.52 Å². The van der Waals surface area contributed by atoms with E-state index in [1.165, 1.54) is 11.1 Å². The van der Waals surface area contributed by atoms with Gasteiger partial charge in [0.25, 0.3) is 0 Å². The minimum atomic E-state index is -1.07. The first-order valence-corrected chi connectivity index (χ1v) is 6.09. The number of aromatic nitrogens is 3. The second kappa shape index (κ2) is 4.92. The Balaban J connectivity index is 2.46. The first kappa shape index (κ1) is 14.0. The minimum absolute atomic E-state index is 0.318. The molecule has 0 radical (unpaired) electrons. The fraction of sp³-hybridized carbons (Fsp3) is 0.385. The Hall–Kier alpha value is -2.44. The van der Waals surface area contributed by atoms with Crippen molar-refractivity contribution in [3.63, 3.8) is 0 Å². The van der Waals surface area contributed by atoms with Crippen molar-refractivity contribution in [2.24, 2.45) is 0 Å². The van der Waals surface area contributed by atoms with Crippen molar-refractivity contribution in [1.82, 2.24) is 15.2 Å². The third-order valence-electron chi connectivity index (χ3n) is 2.61. The van der Waals surface area contributed by atoms with Crippen LogP contribution >= 0.6 is 0 Å². The maximum Gasteiger partial charge on any atom is 0.413 e. The van der Waals surface area contributed by atoms with Crippen molar-refractivity contribution in [3.05, 3.63) is 24.2 Å². The summed E-state index contributed by atoms with van der Waals surface area (Å²) >= 11 is 0. The van der Waals surface area contributed by atoms with Crippen LogP contribution in [0.5, 0.6) is 0 Å². The first-order chi connectivity index (χ1) is 9.29. The lowest BCUT2D eigenvalue weighted by Crippen LogP contribution is -2.45. The van der Waals surface area contributed by atoms with E-state index in [-0.39, 0.29) is 0 Å².